The molecule has 1 aromatic heterocycles. The molecule has 2 fully saturated rings. The summed E-state index contributed by atoms with van der Waals surface area (Å²) in [6.07, 6.45) is 5.04. The molecule has 0 radical (unpaired) electrons. The Kier molecular flexibility index (Phi) is 3.81. The number of fused-ring (bicyclic) bond motifs is 1. The minimum Gasteiger partial charge on any atom is -0.494 e. The zero-order valence-electron chi connectivity index (χ0n) is 13.4. The van der Waals surface area contributed by atoms with Gasteiger partial charge in [-0.3, -0.25) is 0 Å². The molecule has 23 heavy (non-hydrogen) atoms. The number of likely N-dealkylation sites (N-methyl/N-ethyl adjacent to an activating group) is 1. The Morgan fingerprint density at radius 3 is 2.87 bits per heavy atom. The Balaban J connectivity index is 1.61. The fourth-order valence-corrected chi connectivity index (χ4v) is 4.20. The largest absolute Gasteiger partial charge is 0.494 e. The zero-order valence-corrected chi connectivity index (χ0v) is 15.0. The van der Waals surface area contributed by atoms with Crippen LogP contribution in [0.5, 0.6) is 5.75 Å². The van der Waals surface area contributed by atoms with Gasteiger partial charge < -0.3 is 19.1 Å². The van der Waals surface area contributed by atoms with Crippen molar-refractivity contribution in [2.75, 3.05) is 38.7 Å². The lowest BCUT2D eigenvalue weighted by Crippen LogP contribution is -2.32. The van der Waals surface area contributed by atoms with Crippen LogP contribution in [0.3, 0.4) is 0 Å². The predicted octanol–water partition coefficient (Wildman–Crippen LogP) is 2.78. The highest BCUT2D eigenvalue weighted by atomic mass is 79.9. The smallest absolute Gasteiger partial charge is 0.144 e. The van der Waals surface area contributed by atoms with Crippen molar-refractivity contribution >= 4 is 21.6 Å². The van der Waals surface area contributed by atoms with Crippen LogP contribution in [-0.2, 0) is 0 Å². The number of benzene rings is 1. The summed E-state index contributed by atoms with van der Waals surface area (Å²) in [4.78, 5) is 9.21. The van der Waals surface area contributed by atoms with Crippen molar-refractivity contribution in [1.29, 1.82) is 0 Å². The molecule has 2 aliphatic heterocycles. The summed E-state index contributed by atoms with van der Waals surface area (Å²) >= 11 is 3.39. The first-order valence-corrected chi connectivity index (χ1v) is 8.78. The van der Waals surface area contributed by atoms with Gasteiger partial charge in [0, 0.05) is 37.1 Å². The highest BCUT2D eigenvalue weighted by Crippen LogP contribution is 2.36. The molecule has 5 nitrogen and oxygen atoms in total. The van der Waals surface area contributed by atoms with Crippen molar-refractivity contribution in [2.24, 2.45) is 5.92 Å². The average Bonchev–Trinajstić information content (AvgIpc) is 3.25. The molecule has 1 aromatic carbocycles. The van der Waals surface area contributed by atoms with Gasteiger partial charge in [0.15, 0.2) is 0 Å². The van der Waals surface area contributed by atoms with Crippen LogP contribution in [0, 0.1) is 5.92 Å². The van der Waals surface area contributed by atoms with Gasteiger partial charge in [0.1, 0.15) is 16.7 Å². The fraction of sp³-hybridized carbons (Fsp3) is 0.471. The number of methoxy groups -OCH3 is 1. The Labute approximate surface area is 145 Å². The predicted molar refractivity (Wildman–Crippen MR) is 94.6 cm³/mol. The van der Waals surface area contributed by atoms with E-state index in [0.717, 1.165) is 35.0 Å². The van der Waals surface area contributed by atoms with Crippen LogP contribution < -0.4 is 9.64 Å². The lowest BCUT2D eigenvalue weighted by molar-refractivity contribution is 0.310. The molecule has 0 spiro atoms. The Morgan fingerprint density at radius 1 is 1.30 bits per heavy atom. The summed E-state index contributed by atoms with van der Waals surface area (Å²) in [5.41, 5.74) is 2.25. The second-order valence-corrected chi connectivity index (χ2v) is 7.27. The molecule has 2 aliphatic rings. The first-order valence-electron chi connectivity index (χ1n) is 7.99. The van der Waals surface area contributed by atoms with E-state index in [2.05, 4.69) is 56.0 Å². The lowest BCUT2D eigenvalue weighted by Gasteiger charge is -2.23. The van der Waals surface area contributed by atoms with E-state index in [1.54, 1.807) is 13.4 Å². The molecule has 2 aromatic rings. The number of ether oxygens (including phenoxy) is 1. The third-order valence-corrected chi connectivity index (χ3v) is 5.59. The van der Waals surface area contributed by atoms with Crippen LogP contribution in [0.15, 0.2) is 35.3 Å². The minimum atomic E-state index is 0.699. The molecule has 2 saturated heterocycles. The maximum Gasteiger partial charge on any atom is 0.144 e. The van der Waals surface area contributed by atoms with Gasteiger partial charge in [-0.2, -0.15) is 0 Å². The fourth-order valence-electron chi connectivity index (χ4n) is 3.89. The van der Waals surface area contributed by atoms with Gasteiger partial charge in [-0.1, -0.05) is 0 Å². The summed E-state index contributed by atoms with van der Waals surface area (Å²) in [6.45, 7) is 3.50. The van der Waals surface area contributed by atoms with Gasteiger partial charge in [-0.15, -0.1) is 0 Å². The van der Waals surface area contributed by atoms with E-state index in [0.29, 0.717) is 6.04 Å². The quantitative estimate of drug-likeness (QED) is 0.824. The van der Waals surface area contributed by atoms with E-state index in [-0.39, 0.29) is 0 Å². The zero-order chi connectivity index (χ0) is 16.0. The van der Waals surface area contributed by atoms with E-state index < -0.39 is 0 Å². The lowest BCUT2D eigenvalue weighted by atomic mass is 10.1. The molecule has 3 heterocycles. The Bertz CT molecular complexity index is 716. The monoisotopic (exact) mass is 376 g/mol. The molecule has 0 saturated carbocycles. The molecule has 0 aliphatic carbocycles. The van der Waals surface area contributed by atoms with E-state index in [1.807, 2.05) is 10.8 Å². The van der Waals surface area contributed by atoms with Crippen LogP contribution >= 0.6 is 15.9 Å². The number of hydrogen-bond donors (Lipinski definition) is 0. The standard InChI is InChI=1S/C17H21BrN4O/c1-20-6-5-12-8-21(9-15(12)20)13-3-4-14(16(7-13)23-2)22-10-17(18)19-11-22/h3-4,7,10-12,15H,5-6,8-9H2,1-2H3/t12-,15+/m1/s1. The summed E-state index contributed by atoms with van der Waals surface area (Å²) in [6, 6.07) is 7.14. The van der Waals surface area contributed by atoms with Crippen molar-refractivity contribution in [3.05, 3.63) is 35.3 Å². The summed E-state index contributed by atoms with van der Waals surface area (Å²) in [5.74, 6) is 1.67. The van der Waals surface area contributed by atoms with Crippen molar-refractivity contribution in [2.45, 2.75) is 12.5 Å². The number of likely N-dealkylation sites (tertiary alicyclic amines) is 1. The highest BCUT2D eigenvalue weighted by molar-refractivity contribution is 9.10. The molecule has 2 atom stereocenters. The molecule has 6 heteroatoms. The van der Waals surface area contributed by atoms with Crippen LogP contribution in [0.4, 0.5) is 5.69 Å². The van der Waals surface area contributed by atoms with Crippen LogP contribution in [0.1, 0.15) is 6.42 Å². The van der Waals surface area contributed by atoms with Crippen molar-refractivity contribution in [3.8, 4) is 11.4 Å². The Hall–Kier alpha value is -1.53. The number of halogens is 1. The molecular formula is C17H21BrN4O. The van der Waals surface area contributed by atoms with Gasteiger partial charge >= 0.3 is 0 Å². The summed E-state index contributed by atoms with van der Waals surface area (Å²) < 4.78 is 8.41. The molecule has 122 valence electrons. The van der Waals surface area contributed by atoms with Gasteiger partial charge in [0.25, 0.3) is 0 Å². The minimum absolute atomic E-state index is 0.699. The van der Waals surface area contributed by atoms with Crippen LogP contribution in [0.2, 0.25) is 0 Å². The van der Waals surface area contributed by atoms with Crippen LogP contribution in [0.25, 0.3) is 5.69 Å². The number of rotatable bonds is 3. The van der Waals surface area contributed by atoms with E-state index in [4.69, 9.17) is 4.74 Å². The number of anilines is 1. The van der Waals surface area contributed by atoms with Gasteiger partial charge in [-0.25, -0.2) is 4.98 Å². The van der Waals surface area contributed by atoms with Crippen molar-refractivity contribution in [1.82, 2.24) is 14.5 Å². The molecule has 0 unspecified atom stereocenters. The SMILES string of the molecule is COc1cc(N2C[C@H]3CCN(C)[C@H]3C2)ccc1-n1cnc(Br)c1. The number of nitrogens with zero attached hydrogens (tertiary/aromatic N) is 4. The van der Waals surface area contributed by atoms with E-state index in [9.17, 15) is 0 Å². The summed E-state index contributed by atoms with van der Waals surface area (Å²) in [7, 11) is 3.97. The number of aromatic nitrogens is 2. The van der Waals surface area contributed by atoms with E-state index in [1.165, 1.54) is 18.7 Å². The van der Waals surface area contributed by atoms with Crippen molar-refractivity contribution < 1.29 is 4.74 Å². The maximum absolute atomic E-state index is 5.62. The van der Waals surface area contributed by atoms with Gasteiger partial charge in [0.05, 0.1) is 12.8 Å². The molecule has 4 rings (SSSR count). The normalized spacial score (nSPS) is 24.2. The Morgan fingerprint density at radius 2 is 2.17 bits per heavy atom. The summed E-state index contributed by atoms with van der Waals surface area (Å²) in [5, 5.41) is 0. The van der Waals surface area contributed by atoms with Gasteiger partial charge in [0.2, 0.25) is 0 Å². The van der Waals surface area contributed by atoms with Crippen molar-refractivity contribution in [3.63, 3.8) is 0 Å². The first kappa shape index (κ1) is 15.0. The maximum atomic E-state index is 5.62. The topological polar surface area (TPSA) is 33.5 Å². The van der Waals surface area contributed by atoms with E-state index >= 15 is 0 Å². The first-order chi connectivity index (χ1) is 11.2. The van der Waals surface area contributed by atoms with Gasteiger partial charge in [-0.05, 0) is 54.0 Å². The highest BCUT2D eigenvalue weighted by Gasteiger charge is 2.39. The third-order valence-electron chi connectivity index (χ3n) is 5.18. The molecular weight excluding hydrogens is 356 g/mol. The van der Waals surface area contributed by atoms with Crippen LogP contribution in [-0.4, -0.2) is 54.3 Å². The second kappa shape index (κ2) is 5.83. The number of imidazole rings is 1. The third kappa shape index (κ3) is 2.64. The molecule has 0 bridgehead atoms. The second-order valence-electron chi connectivity index (χ2n) is 6.46. The molecule has 0 N–H and O–H groups in total. The average molecular weight is 377 g/mol. The molecule has 0 amide bonds. The number of hydrogen-bond acceptors (Lipinski definition) is 4.